The van der Waals surface area contributed by atoms with Crippen molar-refractivity contribution in [1.29, 1.82) is 0 Å². The Kier molecular flexibility index (Phi) is 8.32. The summed E-state index contributed by atoms with van der Waals surface area (Å²) in [5.74, 6) is -1.49. The van der Waals surface area contributed by atoms with Crippen molar-refractivity contribution in [2.45, 2.75) is 30.4 Å². The lowest BCUT2D eigenvalue weighted by Crippen LogP contribution is -2.45. The van der Waals surface area contributed by atoms with Crippen LogP contribution in [0.3, 0.4) is 0 Å². The van der Waals surface area contributed by atoms with Crippen molar-refractivity contribution < 1.29 is 27.1 Å². The second-order valence-corrected chi connectivity index (χ2v) is 9.22. The van der Waals surface area contributed by atoms with E-state index in [4.69, 9.17) is 4.74 Å². The van der Waals surface area contributed by atoms with Crippen LogP contribution in [0.5, 0.6) is 0 Å². The van der Waals surface area contributed by atoms with E-state index < -0.39 is 28.3 Å². The summed E-state index contributed by atoms with van der Waals surface area (Å²) in [6.07, 6.45) is 1.80. The average molecular weight is 464 g/mol. The first-order valence-electron chi connectivity index (χ1n) is 10.3. The third kappa shape index (κ3) is 7.11. The number of halogens is 1. The van der Waals surface area contributed by atoms with Crippen LogP contribution in [-0.2, 0) is 30.9 Å². The summed E-state index contributed by atoms with van der Waals surface area (Å²) in [7, 11) is -4.01. The Morgan fingerprint density at radius 3 is 2.47 bits per heavy atom. The number of carbonyl (C=O) groups is 2. The van der Waals surface area contributed by atoms with Gasteiger partial charge >= 0.3 is 0 Å². The quantitative estimate of drug-likeness (QED) is 0.555. The predicted molar refractivity (Wildman–Crippen MR) is 115 cm³/mol. The minimum atomic E-state index is -4.01. The number of carbonyl (C=O) groups excluding carboxylic acids is 2. The SMILES string of the molecule is O=C(CN(Cc1ccccc1)C(=O)CNS(=O)(=O)c1ccc(F)cc1)NC[C@@H]1CCCO1. The summed E-state index contributed by atoms with van der Waals surface area (Å²) in [5, 5.41) is 2.77. The molecule has 1 saturated heterocycles. The van der Waals surface area contributed by atoms with Crippen LogP contribution < -0.4 is 10.0 Å². The Morgan fingerprint density at radius 1 is 1.09 bits per heavy atom. The molecule has 0 spiro atoms. The first kappa shape index (κ1) is 23.8. The smallest absolute Gasteiger partial charge is 0.241 e. The standard InChI is InChI=1S/C22H26FN3O5S/c23-18-8-10-20(11-9-18)32(29,30)25-14-22(28)26(15-17-5-2-1-3-6-17)16-21(27)24-13-19-7-4-12-31-19/h1-3,5-6,8-11,19,25H,4,7,12-16H2,(H,24,27)/t19-/m0/s1. The highest BCUT2D eigenvalue weighted by Crippen LogP contribution is 2.11. The van der Waals surface area contributed by atoms with Crippen LogP contribution in [0.1, 0.15) is 18.4 Å². The van der Waals surface area contributed by atoms with Crippen LogP contribution in [0.15, 0.2) is 59.5 Å². The molecule has 2 N–H and O–H groups in total. The van der Waals surface area contributed by atoms with Gasteiger partial charge in [0.1, 0.15) is 5.82 Å². The molecule has 8 nitrogen and oxygen atoms in total. The summed E-state index contributed by atoms with van der Waals surface area (Å²) in [6, 6.07) is 13.4. The van der Waals surface area contributed by atoms with E-state index in [0.717, 1.165) is 42.7 Å². The molecule has 1 atom stereocenters. The Morgan fingerprint density at radius 2 is 1.81 bits per heavy atom. The van der Waals surface area contributed by atoms with Crippen molar-refractivity contribution >= 4 is 21.8 Å². The molecule has 2 aromatic carbocycles. The largest absolute Gasteiger partial charge is 0.376 e. The van der Waals surface area contributed by atoms with E-state index in [0.29, 0.717) is 13.2 Å². The van der Waals surface area contributed by atoms with Gasteiger partial charge in [-0.1, -0.05) is 30.3 Å². The minimum absolute atomic E-state index is 0.0280. The maximum Gasteiger partial charge on any atom is 0.241 e. The number of benzene rings is 2. The van der Waals surface area contributed by atoms with Crippen molar-refractivity contribution in [3.05, 3.63) is 66.0 Å². The van der Waals surface area contributed by atoms with E-state index in [2.05, 4.69) is 10.0 Å². The highest BCUT2D eigenvalue weighted by atomic mass is 32.2. The summed E-state index contributed by atoms with van der Waals surface area (Å²) >= 11 is 0. The lowest BCUT2D eigenvalue weighted by atomic mass is 10.2. The van der Waals surface area contributed by atoms with Gasteiger partial charge in [-0.2, -0.15) is 0 Å². The van der Waals surface area contributed by atoms with Crippen LogP contribution in [0.2, 0.25) is 0 Å². The molecule has 3 rings (SSSR count). The average Bonchev–Trinajstić information content (AvgIpc) is 3.30. The highest BCUT2D eigenvalue weighted by molar-refractivity contribution is 7.89. The molecular formula is C22H26FN3O5S. The molecule has 0 bridgehead atoms. The molecule has 32 heavy (non-hydrogen) atoms. The number of hydrogen-bond donors (Lipinski definition) is 2. The van der Waals surface area contributed by atoms with Gasteiger partial charge in [0.15, 0.2) is 0 Å². The Balaban J connectivity index is 1.62. The molecule has 2 amide bonds. The summed E-state index contributed by atoms with van der Waals surface area (Å²) < 4.78 is 45.6. The molecule has 0 aliphatic carbocycles. The minimum Gasteiger partial charge on any atom is -0.376 e. The van der Waals surface area contributed by atoms with Crippen molar-refractivity contribution in [2.24, 2.45) is 0 Å². The fourth-order valence-electron chi connectivity index (χ4n) is 3.26. The molecule has 10 heteroatoms. The Bertz CT molecular complexity index is 1010. The summed E-state index contributed by atoms with van der Waals surface area (Å²) in [5.41, 5.74) is 0.800. The number of nitrogens with one attached hydrogen (secondary N) is 2. The first-order chi connectivity index (χ1) is 15.3. The van der Waals surface area contributed by atoms with Gasteiger partial charge in [0, 0.05) is 19.7 Å². The molecule has 0 aromatic heterocycles. The molecule has 0 unspecified atom stereocenters. The van der Waals surface area contributed by atoms with Crippen LogP contribution >= 0.6 is 0 Å². The molecule has 1 aliphatic heterocycles. The third-order valence-corrected chi connectivity index (χ3v) is 6.41. The van der Waals surface area contributed by atoms with Gasteiger partial charge in [-0.25, -0.2) is 17.5 Å². The zero-order valence-corrected chi connectivity index (χ0v) is 18.3. The summed E-state index contributed by atoms with van der Waals surface area (Å²) in [6.45, 7) is 0.423. The third-order valence-electron chi connectivity index (χ3n) is 4.99. The van der Waals surface area contributed by atoms with Gasteiger partial charge in [-0.15, -0.1) is 0 Å². The maximum atomic E-state index is 13.1. The van der Waals surface area contributed by atoms with Gasteiger partial charge in [0.2, 0.25) is 21.8 Å². The predicted octanol–water partition coefficient (Wildman–Crippen LogP) is 1.43. The van der Waals surface area contributed by atoms with E-state index in [-0.39, 0.29) is 30.0 Å². The number of sulfonamides is 1. The van der Waals surface area contributed by atoms with Crippen LogP contribution in [0, 0.1) is 5.82 Å². The van der Waals surface area contributed by atoms with Gasteiger partial charge in [0.05, 0.1) is 24.1 Å². The van der Waals surface area contributed by atoms with E-state index in [1.807, 2.05) is 30.3 Å². The lowest BCUT2D eigenvalue weighted by molar-refractivity contribution is -0.135. The van der Waals surface area contributed by atoms with Crippen LogP contribution in [0.25, 0.3) is 0 Å². The van der Waals surface area contributed by atoms with Crippen LogP contribution in [-0.4, -0.2) is 57.5 Å². The first-order valence-corrected chi connectivity index (χ1v) is 11.8. The summed E-state index contributed by atoms with van der Waals surface area (Å²) in [4.78, 5) is 26.4. The van der Waals surface area contributed by atoms with Crippen molar-refractivity contribution in [3.63, 3.8) is 0 Å². The molecular weight excluding hydrogens is 437 g/mol. The highest BCUT2D eigenvalue weighted by Gasteiger charge is 2.22. The van der Waals surface area contributed by atoms with Crippen molar-refractivity contribution in [3.8, 4) is 0 Å². The Labute approximate surface area is 186 Å². The fourth-order valence-corrected chi connectivity index (χ4v) is 4.24. The molecule has 0 saturated carbocycles. The van der Waals surface area contributed by atoms with E-state index in [1.165, 1.54) is 4.90 Å². The second kappa shape index (κ2) is 11.2. The van der Waals surface area contributed by atoms with Gasteiger partial charge in [-0.3, -0.25) is 9.59 Å². The van der Waals surface area contributed by atoms with Gasteiger partial charge in [0.25, 0.3) is 0 Å². The molecule has 1 aliphatic rings. The topological polar surface area (TPSA) is 105 Å². The normalized spacial score (nSPS) is 16.0. The number of hydrogen-bond acceptors (Lipinski definition) is 5. The fraction of sp³-hybridized carbons (Fsp3) is 0.364. The van der Waals surface area contributed by atoms with Gasteiger partial charge in [-0.05, 0) is 42.7 Å². The number of nitrogens with zero attached hydrogens (tertiary/aromatic N) is 1. The molecule has 2 aromatic rings. The van der Waals surface area contributed by atoms with Crippen molar-refractivity contribution in [2.75, 3.05) is 26.2 Å². The monoisotopic (exact) mass is 463 g/mol. The zero-order chi connectivity index (χ0) is 23.0. The number of amides is 2. The Hall–Kier alpha value is -2.82. The maximum absolute atomic E-state index is 13.1. The van der Waals surface area contributed by atoms with Crippen LogP contribution in [0.4, 0.5) is 4.39 Å². The van der Waals surface area contributed by atoms with E-state index in [9.17, 15) is 22.4 Å². The van der Waals surface area contributed by atoms with Crippen molar-refractivity contribution in [1.82, 2.24) is 14.9 Å². The molecule has 1 fully saturated rings. The molecule has 0 radical (unpaired) electrons. The van der Waals surface area contributed by atoms with E-state index in [1.54, 1.807) is 0 Å². The number of ether oxygens (including phenoxy) is 1. The lowest BCUT2D eigenvalue weighted by Gasteiger charge is -2.23. The van der Waals surface area contributed by atoms with Gasteiger partial charge < -0.3 is 15.0 Å². The van der Waals surface area contributed by atoms with E-state index >= 15 is 0 Å². The second-order valence-electron chi connectivity index (χ2n) is 7.45. The zero-order valence-electron chi connectivity index (χ0n) is 17.5. The molecule has 172 valence electrons. The molecule has 1 heterocycles. The number of rotatable bonds is 10.